The quantitative estimate of drug-likeness (QED) is 0.663. The number of rotatable bonds is 7. The Morgan fingerprint density at radius 1 is 1.26 bits per heavy atom. The molecule has 0 radical (unpaired) electrons. The van der Waals surface area contributed by atoms with E-state index in [9.17, 15) is 22.8 Å². The lowest BCUT2D eigenvalue weighted by atomic mass is 10.0. The first-order chi connectivity index (χ1) is 14.6. The molecule has 1 aliphatic heterocycles. The molecule has 1 saturated heterocycles. The Kier molecular flexibility index (Phi) is 6.47. The van der Waals surface area contributed by atoms with E-state index in [1.807, 2.05) is 13.8 Å². The number of nitrogens with zero attached hydrogens (tertiary/aromatic N) is 4. The molecule has 0 spiro atoms. The normalized spacial score (nSPS) is 16.9. The fourth-order valence-corrected chi connectivity index (χ4v) is 3.46. The predicted octanol–water partition coefficient (Wildman–Crippen LogP) is 3.58. The number of carbonyl (C=O) groups is 2. The first-order valence-electron chi connectivity index (χ1n) is 9.72. The number of hydrogen-bond donors (Lipinski definition) is 0. The van der Waals surface area contributed by atoms with Crippen LogP contribution in [0.4, 0.5) is 23.8 Å². The van der Waals surface area contributed by atoms with Crippen LogP contribution in [0.2, 0.25) is 0 Å². The van der Waals surface area contributed by atoms with E-state index >= 15 is 0 Å². The van der Waals surface area contributed by atoms with Gasteiger partial charge in [0.2, 0.25) is 0 Å². The van der Waals surface area contributed by atoms with Crippen molar-refractivity contribution in [2.45, 2.75) is 32.5 Å². The predicted molar refractivity (Wildman–Crippen MR) is 107 cm³/mol. The SMILES string of the molecule is COc1ccc(N2C[C@H](C(C)C)N(CC(=O)Cc3cc(C(F)(F)F)ccn3)C2=O)nc1. The number of pyridine rings is 2. The molecule has 0 bridgehead atoms. The number of aromatic nitrogens is 2. The Hall–Kier alpha value is -3.17. The van der Waals surface area contributed by atoms with E-state index in [0.29, 0.717) is 18.1 Å². The van der Waals surface area contributed by atoms with Gasteiger partial charge in [0.25, 0.3) is 0 Å². The molecule has 1 fully saturated rings. The van der Waals surface area contributed by atoms with Crippen molar-refractivity contribution in [3.8, 4) is 5.75 Å². The number of carbonyl (C=O) groups excluding carboxylic acids is 2. The molecule has 2 aromatic heterocycles. The molecule has 166 valence electrons. The maximum atomic E-state index is 13.0. The number of methoxy groups -OCH3 is 1. The second-order valence-corrected chi connectivity index (χ2v) is 7.64. The standard InChI is InChI=1S/C21H23F3N4O3/c1-13(2)18-12-28(19-5-4-17(31-3)10-26-19)20(30)27(18)11-16(29)9-15-8-14(6-7-25-15)21(22,23)24/h4-8,10,13,18H,9,11-12H2,1-3H3/t18-/m1/s1. The van der Waals surface area contributed by atoms with Crippen LogP contribution in [0.5, 0.6) is 5.75 Å². The van der Waals surface area contributed by atoms with Crippen LogP contribution >= 0.6 is 0 Å². The number of halogens is 3. The molecule has 0 saturated carbocycles. The molecule has 0 aliphatic carbocycles. The molecule has 31 heavy (non-hydrogen) atoms. The summed E-state index contributed by atoms with van der Waals surface area (Å²) in [5.41, 5.74) is -0.847. The van der Waals surface area contributed by atoms with E-state index in [0.717, 1.165) is 18.3 Å². The van der Waals surface area contributed by atoms with Gasteiger partial charge in [0, 0.05) is 18.4 Å². The molecule has 1 aliphatic rings. The van der Waals surface area contributed by atoms with Gasteiger partial charge in [0.15, 0.2) is 5.78 Å². The molecule has 0 aromatic carbocycles. The molecule has 0 N–H and O–H groups in total. The molecule has 3 heterocycles. The summed E-state index contributed by atoms with van der Waals surface area (Å²) < 4.78 is 43.8. The molecule has 3 rings (SSSR count). The number of ketones is 1. The summed E-state index contributed by atoms with van der Waals surface area (Å²) in [5, 5.41) is 0. The molecule has 10 heteroatoms. The fraction of sp³-hybridized carbons (Fsp3) is 0.429. The van der Waals surface area contributed by atoms with Crippen molar-refractivity contribution in [2.75, 3.05) is 25.1 Å². The van der Waals surface area contributed by atoms with Crippen molar-refractivity contribution in [1.29, 1.82) is 0 Å². The molecule has 1 atom stereocenters. The van der Waals surface area contributed by atoms with Crippen LogP contribution in [0, 0.1) is 5.92 Å². The zero-order valence-electron chi connectivity index (χ0n) is 17.4. The van der Waals surface area contributed by atoms with Gasteiger partial charge < -0.3 is 9.64 Å². The number of Topliss-reactive ketones (excluding diaryl/α,β-unsaturated/α-hetero) is 1. The molecule has 2 amide bonds. The highest BCUT2D eigenvalue weighted by Crippen LogP contribution is 2.30. The van der Waals surface area contributed by atoms with Crippen molar-refractivity contribution in [3.63, 3.8) is 0 Å². The minimum Gasteiger partial charge on any atom is -0.495 e. The first kappa shape index (κ1) is 22.5. The largest absolute Gasteiger partial charge is 0.495 e. The number of alkyl halides is 3. The second-order valence-electron chi connectivity index (χ2n) is 7.64. The summed E-state index contributed by atoms with van der Waals surface area (Å²) in [6.45, 7) is 4.01. The third-order valence-electron chi connectivity index (χ3n) is 5.12. The Morgan fingerprint density at radius 3 is 2.58 bits per heavy atom. The van der Waals surface area contributed by atoms with Gasteiger partial charge >= 0.3 is 12.2 Å². The Morgan fingerprint density at radius 2 is 2.00 bits per heavy atom. The third kappa shape index (κ3) is 5.12. The lowest BCUT2D eigenvalue weighted by molar-refractivity contribution is -0.137. The number of urea groups is 1. The van der Waals surface area contributed by atoms with Gasteiger partial charge in [-0.25, -0.2) is 9.78 Å². The van der Waals surface area contributed by atoms with Crippen molar-refractivity contribution in [2.24, 2.45) is 5.92 Å². The van der Waals surface area contributed by atoms with Gasteiger partial charge in [-0.15, -0.1) is 0 Å². The summed E-state index contributed by atoms with van der Waals surface area (Å²) in [7, 11) is 1.51. The summed E-state index contributed by atoms with van der Waals surface area (Å²) >= 11 is 0. The third-order valence-corrected chi connectivity index (χ3v) is 5.12. The van der Waals surface area contributed by atoms with Gasteiger partial charge in [-0.1, -0.05) is 13.8 Å². The lowest BCUT2D eigenvalue weighted by Gasteiger charge is -2.25. The Balaban J connectivity index is 1.74. The molecule has 7 nitrogen and oxygen atoms in total. The van der Waals surface area contributed by atoms with E-state index in [4.69, 9.17) is 4.74 Å². The Bertz CT molecular complexity index is 948. The van der Waals surface area contributed by atoms with E-state index in [-0.39, 0.29) is 36.7 Å². The van der Waals surface area contributed by atoms with Crippen molar-refractivity contribution < 1.29 is 27.5 Å². The van der Waals surface area contributed by atoms with Crippen LogP contribution in [0.1, 0.15) is 25.1 Å². The van der Waals surface area contributed by atoms with Crippen molar-refractivity contribution >= 4 is 17.6 Å². The van der Waals surface area contributed by atoms with Crippen molar-refractivity contribution in [1.82, 2.24) is 14.9 Å². The van der Waals surface area contributed by atoms with E-state index in [1.165, 1.54) is 23.1 Å². The maximum absolute atomic E-state index is 13.0. The smallest absolute Gasteiger partial charge is 0.416 e. The Labute approximate surface area is 177 Å². The highest BCUT2D eigenvalue weighted by atomic mass is 19.4. The van der Waals surface area contributed by atoms with Crippen LogP contribution in [-0.4, -0.2) is 52.9 Å². The average Bonchev–Trinajstić information content (AvgIpc) is 3.04. The monoisotopic (exact) mass is 436 g/mol. The minimum absolute atomic E-state index is 0.0150. The van der Waals surface area contributed by atoms with Gasteiger partial charge in [-0.2, -0.15) is 13.2 Å². The number of ether oxygens (including phenoxy) is 1. The number of amides is 2. The van der Waals surface area contributed by atoms with Crippen LogP contribution in [0.25, 0.3) is 0 Å². The highest BCUT2D eigenvalue weighted by molar-refractivity contribution is 5.96. The molecule has 0 unspecified atom stereocenters. The average molecular weight is 436 g/mol. The highest BCUT2D eigenvalue weighted by Gasteiger charge is 2.41. The lowest BCUT2D eigenvalue weighted by Crippen LogP contribution is -2.41. The minimum atomic E-state index is -4.51. The van der Waals surface area contributed by atoms with Crippen LogP contribution in [-0.2, 0) is 17.4 Å². The van der Waals surface area contributed by atoms with Gasteiger partial charge in [-0.3, -0.25) is 14.7 Å². The summed E-state index contributed by atoms with van der Waals surface area (Å²) in [5.74, 6) is 0.657. The number of anilines is 1. The van der Waals surface area contributed by atoms with Crippen LogP contribution < -0.4 is 9.64 Å². The zero-order valence-corrected chi connectivity index (χ0v) is 17.4. The van der Waals surface area contributed by atoms with Gasteiger partial charge in [0.1, 0.15) is 11.6 Å². The van der Waals surface area contributed by atoms with E-state index in [1.54, 1.807) is 12.1 Å². The molecular weight excluding hydrogens is 413 g/mol. The summed E-state index contributed by atoms with van der Waals surface area (Å²) in [6, 6.07) is 4.44. The first-order valence-corrected chi connectivity index (χ1v) is 9.72. The van der Waals surface area contributed by atoms with Crippen molar-refractivity contribution in [3.05, 3.63) is 47.9 Å². The molecule has 2 aromatic rings. The molecular formula is C21H23F3N4O3. The van der Waals surface area contributed by atoms with E-state index in [2.05, 4.69) is 9.97 Å². The van der Waals surface area contributed by atoms with Gasteiger partial charge in [0.05, 0.1) is 37.9 Å². The summed E-state index contributed by atoms with van der Waals surface area (Å²) in [6.07, 6.45) is -2.28. The maximum Gasteiger partial charge on any atom is 0.416 e. The fourth-order valence-electron chi connectivity index (χ4n) is 3.46. The van der Waals surface area contributed by atoms with E-state index < -0.39 is 17.5 Å². The van der Waals surface area contributed by atoms with Gasteiger partial charge in [-0.05, 0) is 30.2 Å². The topological polar surface area (TPSA) is 75.6 Å². The van der Waals surface area contributed by atoms with Crippen LogP contribution in [0.3, 0.4) is 0 Å². The van der Waals surface area contributed by atoms with Crippen LogP contribution in [0.15, 0.2) is 36.7 Å². The zero-order chi connectivity index (χ0) is 22.8. The number of hydrogen-bond acceptors (Lipinski definition) is 5. The summed E-state index contributed by atoms with van der Waals surface area (Å²) in [4.78, 5) is 36.7. The second kappa shape index (κ2) is 8.91.